The quantitative estimate of drug-likeness (QED) is 0.157. The number of guanidine groups is 1. The molecule has 5 N–H and O–H groups in total. The second kappa shape index (κ2) is 12.8. The van der Waals surface area contributed by atoms with Crippen LogP contribution < -0.4 is 11.5 Å². The molecule has 0 unspecified atom stereocenters. The molecule has 3 rings (SSSR count). The molecule has 0 spiro atoms. The van der Waals surface area contributed by atoms with Crippen LogP contribution in [-0.2, 0) is 16.0 Å². The smallest absolute Gasteiger partial charge is 0.345 e. The number of hydrogen-bond donors (Lipinski definition) is 3. The zero-order chi connectivity index (χ0) is 26.0. The third-order valence-electron chi connectivity index (χ3n) is 4.82. The van der Waals surface area contributed by atoms with Gasteiger partial charge in [-0.2, -0.15) is 9.98 Å². The fraction of sp³-hybridized carbons (Fsp3) is 0.269. The van der Waals surface area contributed by atoms with Crippen LogP contribution in [-0.4, -0.2) is 39.4 Å². The number of aromatic nitrogens is 2. The van der Waals surface area contributed by atoms with Crippen molar-refractivity contribution in [1.29, 1.82) is 0 Å². The van der Waals surface area contributed by atoms with E-state index in [9.17, 15) is 9.90 Å². The first-order valence-electron chi connectivity index (χ1n) is 11.5. The highest BCUT2D eigenvalue weighted by Gasteiger charge is 2.22. The van der Waals surface area contributed by atoms with Gasteiger partial charge in [-0.1, -0.05) is 57.2 Å². The minimum Gasteiger partial charge on any atom is -0.506 e. The Morgan fingerprint density at radius 3 is 2.37 bits per heavy atom. The Balaban J connectivity index is 0.00000210. The molecule has 3 aromatic rings. The first-order chi connectivity index (χ1) is 16.8. The number of aliphatic hydroxyl groups excluding tert-OH is 1. The van der Waals surface area contributed by atoms with Crippen molar-refractivity contribution < 1.29 is 14.6 Å². The van der Waals surface area contributed by atoms with Crippen molar-refractivity contribution in [3.63, 3.8) is 0 Å². The van der Waals surface area contributed by atoms with E-state index < -0.39 is 5.97 Å². The maximum Gasteiger partial charge on any atom is 0.345 e. The number of amidine groups is 1. The van der Waals surface area contributed by atoms with Gasteiger partial charge in [-0.15, -0.1) is 0 Å². The highest BCUT2D eigenvalue weighted by atomic mass is 16.5. The fourth-order valence-corrected chi connectivity index (χ4v) is 3.16. The third-order valence-corrected chi connectivity index (χ3v) is 4.82. The highest BCUT2D eigenvalue weighted by molar-refractivity contribution is 6.24. The lowest BCUT2D eigenvalue weighted by atomic mass is 10.1. The number of carbonyl (C=O) groups is 1. The Hall–Kier alpha value is -4.27. The lowest BCUT2D eigenvalue weighted by Gasteiger charge is -2.10. The molecule has 0 aliphatic heterocycles. The molecule has 0 fully saturated rings. The standard InChI is InChI=1S/C24H26N6O3.C2H6/c1-4-15-11-12-18-17(13-15)14(3)27-24(28-18)30-23(26)29-21(25)19(22(32)33-5-2)20(31)16-9-7-6-8-10-16;1-2/h6-13,31H,4-5H2,1-3H3,(H4,25,26,27,28,29,30);1-2H3. The molecular formula is C26H32N6O3. The molecule has 0 saturated heterocycles. The normalized spacial score (nSPS) is 12.5. The third kappa shape index (κ3) is 6.86. The molecule has 35 heavy (non-hydrogen) atoms. The average molecular weight is 477 g/mol. The Kier molecular flexibility index (Phi) is 9.89. The lowest BCUT2D eigenvalue weighted by molar-refractivity contribution is -0.137. The Labute approximate surface area is 205 Å². The van der Waals surface area contributed by atoms with Crippen LogP contribution in [0.3, 0.4) is 0 Å². The number of nitrogens with two attached hydrogens (primary N) is 2. The first-order valence-corrected chi connectivity index (χ1v) is 11.5. The van der Waals surface area contributed by atoms with E-state index in [1.54, 1.807) is 37.3 Å². The molecule has 0 aliphatic carbocycles. The summed E-state index contributed by atoms with van der Waals surface area (Å²) in [5, 5.41) is 11.6. The van der Waals surface area contributed by atoms with E-state index in [2.05, 4.69) is 26.9 Å². The minimum atomic E-state index is -0.836. The van der Waals surface area contributed by atoms with Gasteiger partial charge in [0, 0.05) is 10.9 Å². The maximum atomic E-state index is 12.5. The van der Waals surface area contributed by atoms with Crippen LogP contribution in [0.5, 0.6) is 0 Å². The fourth-order valence-electron chi connectivity index (χ4n) is 3.16. The van der Waals surface area contributed by atoms with Crippen molar-refractivity contribution in [1.82, 2.24) is 9.97 Å². The molecule has 1 heterocycles. The first kappa shape index (κ1) is 27.0. The van der Waals surface area contributed by atoms with Gasteiger partial charge < -0.3 is 21.3 Å². The Morgan fingerprint density at radius 2 is 1.74 bits per heavy atom. The number of hydrogen-bond acceptors (Lipinski definition) is 6. The average Bonchev–Trinajstić information content (AvgIpc) is 2.85. The van der Waals surface area contributed by atoms with E-state index in [1.165, 1.54) is 5.56 Å². The second-order valence-electron chi connectivity index (χ2n) is 7.09. The molecule has 0 atom stereocenters. The number of esters is 1. The number of rotatable bonds is 6. The van der Waals surface area contributed by atoms with Crippen LogP contribution in [0.25, 0.3) is 16.7 Å². The summed E-state index contributed by atoms with van der Waals surface area (Å²) < 4.78 is 5.03. The van der Waals surface area contributed by atoms with Gasteiger partial charge in [0.2, 0.25) is 5.96 Å². The monoisotopic (exact) mass is 476 g/mol. The van der Waals surface area contributed by atoms with Gasteiger partial charge in [0.05, 0.1) is 17.8 Å². The van der Waals surface area contributed by atoms with E-state index in [0.717, 1.165) is 23.0 Å². The number of benzene rings is 2. The molecule has 184 valence electrons. The number of aliphatic hydroxyl groups is 1. The van der Waals surface area contributed by atoms with Crippen LogP contribution in [0.2, 0.25) is 0 Å². The van der Waals surface area contributed by atoms with Crippen molar-refractivity contribution in [2.24, 2.45) is 21.5 Å². The van der Waals surface area contributed by atoms with Crippen molar-refractivity contribution >= 4 is 40.4 Å². The van der Waals surface area contributed by atoms with Gasteiger partial charge in [-0.25, -0.2) is 14.8 Å². The summed E-state index contributed by atoms with van der Waals surface area (Å²) in [6, 6.07) is 14.4. The highest BCUT2D eigenvalue weighted by Crippen LogP contribution is 2.21. The molecule has 0 radical (unpaired) electrons. The summed E-state index contributed by atoms with van der Waals surface area (Å²) in [6.07, 6.45) is 0.905. The zero-order valence-corrected chi connectivity index (χ0v) is 20.7. The summed E-state index contributed by atoms with van der Waals surface area (Å²) in [5.41, 5.74) is 14.7. The van der Waals surface area contributed by atoms with Crippen LogP contribution in [0.1, 0.15) is 44.5 Å². The van der Waals surface area contributed by atoms with Crippen molar-refractivity contribution in [2.75, 3.05) is 6.61 Å². The number of fused-ring (bicyclic) bond motifs is 1. The van der Waals surface area contributed by atoms with Gasteiger partial charge in [0.25, 0.3) is 5.95 Å². The Bertz CT molecular complexity index is 1270. The van der Waals surface area contributed by atoms with E-state index in [1.807, 2.05) is 39.0 Å². The van der Waals surface area contributed by atoms with Crippen LogP contribution in [0, 0.1) is 6.92 Å². The zero-order valence-electron chi connectivity index (χ0n) is 20.7. The van der Waals surface area contributed by atoms with Crippen LogP contribution >= 0.6 is 0 Å². The summed E-state index contributed by atoms with van der Waals surface area (Å²) in [6.45, 7) is 9.66. The van der Waals surface area contributed by atoms with Gasteiger partial charge in [0.1, 0.15) is 17.2 Å². The van der Waals surface area contributed by atoms with Gasteiger partial charge in [0.15, 0.2) is 0 Å². The largest absolute Gasteiger partial charge is 0.506 e. The second-order valence-corrected chi connectivity index (χ2v) is 7.09. The number of carbonyl (C=O) groups excluding carboxylic acids is 1. The van der Waals surface area contributed by atoms with Gasteiger partial charge >= 0.3 is 5.97 Å². The predicted molar refractivity (Wildman–Crippen MR) is 141 cm³/mol. The van der Waals surface area contributed by atoms with Crippen molar-refractivity contribution in [3.8, 4) is 0 Å². The molecular weight excluding hydrogens is 444 g/mol. The lowest BCUT2D eigenvalue weighted by Crippen LogP contribution is -2.27. The number of aryl methyl sites for hydroxylation is 2. The van der Waals surface area contributed by atoms with Gasteiger partial charge in [-0.05, 0) is 38.0 Å². The summed E-state index contributed by atoms with van der Waals surface area (Å²) in [5.74, 6) is -1.74. The van der Waals surface area contributed by atoms with E-state index in [0.29, 0.717) is 5.56 Å². The van der Waals surface area contributed by atoms with Crippen LogP contribution in [0.15, 0.2) is 64.1 Å². The SMILES string of the molecule is CC.CCOC(=O)C(C(N)=NC(N)=Nc1nc(C)c2cc(CC)ccc2n1)=C(O)c1ccccc1. The maximum absolute atomic E-state index is 12.5. The molecule has 0 bridgehead atoms. The van der Waals surface area contributed by atoms with Crippen molar-refractivity contribution in [3.05, 3.63) is 70.9 Å². The predicted octanol–water partition coefficient (Wildman–Crippen LogP) is 4.36. The van der Waals surface area contributed by atoms with Crippen molar-refractivity contribution in [2.45, 2.75) is 41.0 Å². The summed E-state index contributed by atoms with van der Waals surface area (Å²) in [7, 11) is 0. The number of ether oxygens (including phenoxy) is 1. The number of aliphatic imine (C=N–C) groups is 2. The van der Waals surface area contributed by atoms with E-state index in [-0.39, 0.29) is 35.7 Å². The summed E-state index contributed by atoms with van der Waals surface area (Å²) >= 11 is 0. The van der Waals surface area contributed by atoms with Gasteiger partial charge in [-0.3, -0.25) is 0 Å². The molecule has 9 heteroatoms. The Morgan fingerprint density at radius 1 is 1.06 bits per heavy atom. The molecule has 1 aromatic heterocycles. The van der Waals surface area contributed by atoms with E-state index in [4.69, 9.17) is 16.2 Å². The molecule has 0 amide bonds. The molecule has 0 saturated carbocycles. The molecule has 0 aliphatic rings. The topological polar surface area (TPSA) is 149 Å². The molecule has 2 aromatic carbocycles. The van der Waals surface area contributed by atoms with E-state index >= 15 is 0 Å². The minimum absolute atomic E-state index is 0.0885. The molecule has 9 nitrogen and oxygen atoms in total. The summed E-state index contributed by atoms with van der Waals surface area (Å²) in [4.78, 5) is 29.4. The van der Waals surface area contributed by atoms with Crippen LogP contribution in [0.4, 0.5) is 5.95 Å². The number of nitrogens with zero attached hydrogens (tertiary/aromatic N) is 4.